The minimum absolute atomic E-state index is 0.290. The Morgan fingerprint density at radius 2 is 2.06 bits per heavy atom. The molecule has 0 aliphatic carbocycles. The van der Waals surface area contributed by atoms with Gasteiger partial charge in [0, 0.05) is 12.1 Å². The van der Waals surface area contributed by atoms with Gasteiger partial charge in [-0.2, -0.15) is 18.3 Å². The lowest BCUT2D eigenvalue weighted by Gasteiger charge is -2.22. The summed E-state index contributed by atoms with van der Waals surface area (Å²) < 4.78 is 41.6. The lowest BCUT2D eigenvalue weighted by Crippen LogP contribution is -2.17. The smallest absolute Gasteiger partial charge is 0.263 e. The van der Waals surface area contributed by atoms with Gasteiger partial charge in [0.1, 0.15) is 0 Å². The summed E-state index contributed by atoms with van der Waals surface area (Å²) in [6.07, 6.45) is -2.14. The van der Waals surface area contributed by atoms with Gasteiger partial charge in [0.05, 0.1) is 21.0 Å². The van der Waals surface area contributed by atoms with E-state index in [0.717, 1.165) is 15.2 Å². The van der Waals surface area contributed by atoms with Crippen LogP contribution in [0.15, 0.2) is 24.4 Å². The predicted octanol–water partition coefficient (Wildman–Crippen LogP) is 3.73. The van der Waals surface area contributed by atoms with Crippen molar-refractivity contribution in [1.29, 1.82) is 0 Å². The molecule has 1 aromatic heterocycles. The third kappa shape index (κ3) is 1.73. The second kappa shape index (κ2) is 3.97. The summed E-state index contributed by atoms with van der Waals surface area (Å²) in [6, 6.07) is 4.37. The quantitative estimate of drug-likeness (QED) is 0.652. The molecule has 0 fully saturated rings. The van der Waals surface area contributed by atoms with Gasteiger partial charge in [0.15, 0.2) is 0 Å². The molecule has 0 saturated heterocycles. The van der Waals surface area contributed by atoms with Crippen molar-refractivity contribution >= 4 is 22.6 Å². The molecule has 6 heteroatoms. The maximum absolute atomic E-state index is 13.1. The summed E-state index contributed by atoms with van der Waals surface area (Å²) in [5.41, 5.74) is 1.05. The Balaban J connectivity index is 2.34. The largest absolute Gasteiger partial charge is 0.417 e. The molecule has 1 aliphatic rings. The van der Waals surface area contributed by atoms with Crippen molar-refractivity contribution in [2.45, 2.75) is 19.1 Å². The molecule has 94 valence electrons. The van der Waals surface area contributed by atoms with E-state index in [2.05, 4.69) is 5.10 Å². The van der Waals surface area contributed by atoms with Crippen molar-refractivity contribution in [2.75, 3.05) is 0 Å². The molecule has 0 amide bonds. The van der Waals surface area contributed by atoms with Gasteiger partial charge >= 0.3 is 6.18 Å². The van der Waals surface area contributed by atoms with Gasteiger partial charge in [0.25, 0.3) is 0 Å². The summed E-state index contributed by atoms with van der Waals surface area (Å²) in [4.78, 5) is 0. The van der Waals surface area contributed by atoms with Gasteiger partial charge in [-0.1, -0.05) is 12.1 Å². The Hall–Kier alpha value is -1.05. The Morgan fingerprint density at radius 3 is 2.78 bits per heavy atom. The van der Waals surface area contributed by atoms with Crippen LogP contribution >= 0.6 is 22.6 Å². The molecule has 0 radical (unpaired) electrons. The number of rotatable bonds is 0. The highest BCUT2D eigenvalue weighted by Crippen LogP contribution is 2.42. The number of halogens is 4. The van der Waals surface area contributed by atoms with Crippen LogP contribution in [0.3, 0.4) is 0 Å². The first-order valence-electron chi connectivity index (χ1n) is 5.39. The number of hydrogen-bond acceptors (Lipinski definition) is 1. The summed E-state index contributed by atoms with van der Waals surface area (Å²) in [5.74, 6) is 0. The molecule has 2 nitrogen and oxygen atoms in total. The molecule has 0 saturated carbocycles. The Bertz CT molecular complexity index is 616. The fourth-order valence-corrected chi connectivity index (χ4v) is 3.00. The fraction of sp³-hybridized carbons (Fsp3) is 0.250. The molecule has 0 bridgehead atoms. The third-order valence-corrected chi connectivity index (χ3v) is 3.87. The zero-order valence-electron chi connectivity index (χ0n) is 9.13. The molecule has 18 heavy (non-hydrogen) atoms. The first kappa shape index (κ1) is 12.0. The van der Waals surface area contributed by atoms with Crippen molar-refractivity contribution in [3.05, 3.63) is 39.1 Å². The highest BCUT2D eigenvalue weighted by Gasteiger charge is 2.37. The summed E-state index contributed by atoms with van der Waals surface area (Å²) in [7, 11) is 0. The van der Waals surface area contributed by atoms with E-state index in [1.165, 1.54) is 6.07 Å². The van der Waals surface area contributed by atoms with Crippen LogP contribution in [-0.4, -0.2) is 9.78 Å². The van der Waals surface area contributed by atoms with E-state index in [0.29, 0.717) is 18.7 Å². The first-order chi connectivity index (χ1) is 8.48. The van der Waals surface area contributed by atoms with Crippen LogP contribution in [0.5, 0.6) is 0 Å². The van der Waals surface area contributed by atoms with Crippen LogP contribution in [0.2, 0.25) is 0 Å². The number of fused-ring (bicyclic) bond motifs is 3. The normalized spacial score (nSPS) is 14.2. The summed E-state index contributed by atoms with van der Waals surface area (Å²) in [5, 5.41) is 4.12. The molecular weight excluding hydrogens is 356 g/mol. The van der Waals surface area contributed by atoms with Crippen molar-refractivity contribution < 1.29 is 13.2 Å². The first-order valence-corrected chi connectivity index (χ1v) is 6.47. The topological polar surface area (TPSA) is 17.8 Å². The minimum atomic E-state index is -4.33. The van der Waals surface area contributed by atoms with Crippen LogP contribution < -0.4 is 0 Å². The standard InChI is InChI=1S/C12H8F3IN2/c13-12(14,15)8-3-1-2-7-4-5-18-11(10(7)8)9(16)6-17-18/h1-3,6H,4-5H2. The van der Waals surface area contributed by atoms with Crippen LogP contribution in [-0.2, 0) is 19.1 Å². The maximum atomic E-state index is 13.1. The van der Waals surface area contributed by atoms with Crippen LogP contribution in [0, 0.1) is 3.57 Å². The zero-order chi connectivity index (χ0) is 12.9. The van der Waals surface area contributed by atoms with E-state index < -0.39 is 11.7 Å². The number of aryl methyl sites for hydroxylation is 2. The molecule has 1 aromatic carbocycles. The van der Waals surface area contributed by atoms with E-state index in [9.17, 15) is 13.2 Å². The number of benzene rings is 1. The second-order valence-electron chi connectivity index (χ2n) is 4.15. The lowest BCUT2D eigenvalue weighted by molar-refractivity contribution is -0.137. The molecule has 0 N–H and O–H groups in total. The van der Waals surface area contributed by atoms with E-state index >= 15 is 0 Å². The highest BCUT2D eigenvalue weighted by molar-refractivity contribution is 14.1. The fourth-order valence-electron chi connectivity index (χ4n) is 2.33. The molecule has 2 aromatic rings. The van der Waals surface area contributed by atoms with Gasteiger partial charge in [0.2, 0.25) is 0 Å². The molecule has 1 aliphatic heterocycles. The van der Waals surface area contributed by atoms with E-state index in [-0.39, 0.29) is 5.56 Å². The monoisotopic (exact) mass is 364 g/mol. The molecule has 0 atom stereocenters. The van der Waals surface area contributed by atoms with Gasteiger partial charge in [-0.3, -0.25) is 4.68 Å². The highest BCUT2D eigenvalue weighted by atomic mass is 127. The lowest BCUT2D eigenvalue weighted by atomic mass is 9.93. The van der Waals surface area contributed by atoms with Crippen LogP contribution in [0.4, 0.5) is 13.2 Å². The van der Waals surface area contributed by atoms with Crippen molar-refractivity contribution in [2.24, 2.45) is 0 Å². The second-order valence-corrected chi connectivity index (χ2v) is 5.31. The number of aromatic nitrogens is 2. The van der Waals surface area contributed by atoms with Gasteiger partial charge in [-0.05, 0) is 40.6 Å². The van der Waals surface area contributed by atoms with Gasteiger partial charge < -0.3 is 0 Å². The van der Waals surface area contributed by atoms with Crippen LogP contribution in [0.1, 0.15) is 11.1 Å². The molecule has 3 rings (SSSR count). The predicted molar refractivity (Wildman–Crippen MR) is 69.1 cm³/mol. The summed E-state index contributed by atoms with van der Waals surface area (Å²) >= 11 is 2.03. The Kier molecular flexibility index (Phi) is 2.65. The van der Waals surface area contributed by atoms with E-state index in [4.69, 9.17) is 0 Å². The van der Waals surface area contributed by atoms with E-state index in [1.54, 1.807) is 16.9 Å². The maximum Gasteiger partial charge on any atom is 0.417 e. The Labute approximate surface area is 115 Å². The Morgan fingerprint density at radius 1 is 1.28 bits per heavy atom. The minimum Gasteiger partial charge on any atom is -0.263 e. The number of alkyl halides is 3. The van der Waals surface area contributed by atoms with Gasteiger partial charge in [-0.15, -0.1) is 0 Å². The number of hydrogen-bond donors (Lipinski definition) is 0. The summed E-state index contributed by atoms with van der Waals surface area (Å²) in [6.45, 7) is 0.632. The van der Waals surface area contributed by atoms with Crippen molar-refractivity contribution in [3.8, 4) is 11.3 Å². The average Bonchev–Trinajstić information content (AvgIpc) is 2.69. The molecule has 0 unspecified atom stereocenters. The molecule has 0 spiro atoms. The third-order valence-electron chi connectivity index (χ3n) is 3.08. The van der Waals surface area contributed by atoms with Crippen molar-refractivity contribution in [3.63, 3.8) is 0 Å². The van der Waals surface area contributed by atoms with Gasteiger partial charge in [-0.25, -0.2) is 0 Å². The SMILES string of the molecule is FC(F)(F)c1cccc2c1-c1c(I)cnn1CC2. The number of nitrogens with zero attached hydrogens (tertiary/aromatic N) is 2. The molecular formula is C12H8F3IN2. The van der Waals surface area contributed by atoms with E-state index in [1.807, 2.05) is 22.6 Å². The average molecular weight is 364 g/mol. The van der Waals surface area contributed by atoms with Crippen LogP contribution in [0.25, 0.3) is 11.3 Å². The zero-order valence-corrected chi connectivity index (χ0v) is 11.3. The van der Waals surface area contributed by atoms with Crippen molar-refractivity contribution in [1.82, 2.24) is 9.78 Å². The molecule has 2 heterocycles.